The maximum absolute atomic E-state index is 12.0. The number of phenols is 1. The number of phenolic OH excluding ortho intramolecular Hbond substituents is 1. The van der Waals surface area contributed by atoms with Crippen LogP contribution in [0, 0.1) is 0 Å². The lowest BCUT2D eigenvalue weighted by Gasteiger charge is -2.39. The lowest BCUT2D eigenvalue weighted by molar-refractivity contribution is -0.277. The SMILES string of the molecule is O=C(O)C1=N[C@H](C(=O)O)CC(/C=C/N2c3cc(O[C@@H]4O[C@H](CO)[C@@H](O)[C@H](O)[C@H]4O)c(O)cc3C[C@@H]2C(=O)O)=C1. The molecule has 4 rings (SSSR count). The Morgan fingerprint density at radius 1 is 1.05 bits per heavy atom. The van der Waals surface area contributed by atoms with Crippen molar-refractivity contribution in [2.75, 3.05) is 11.5 Å². The number of aliphatic imine (C=N–C) groups is 1. The topological polar surface area (TPSA) is 247 Å². The number of anilines is 1. The number of aliphatic hydroxyl groups is 4. The van der Waals surface area contributed by atoms with E-state index in [4.69, 9.17) is 9.47 Å². The third-order valence-electron chi connectivity index (χ3n) is 6.56. The van der Waals surface area contributed by atoms with Crippen LogP contribution in [0.5, 0.6) is 11.5 Å². The average Bonchev–Trinajstić information content (AvgIpc) is 3.24. The van der Waals surface area contributed by atoms with E-state index in [9.17, 15) is 55.2 Å². The molecule has 8 N–H and O–H groups in total. The largest absolute Gasteiger partial charge is 0.504 e. The van der Waals surface area contributed by atoms with Crippen molar-refractivity contribution in [3.63, 3.8) is 0 Å². The van der Waals surface area contributed by atoms with E-state index < -0.39 is 78.8 Å². The van der Waals surface area contributed by atoms with E-state index in [1.807, 2.05) is 0 Å². The number of aliphatic hydroxyl groups excluding tert-OH is 4. The highest BCUT2D eigenvalue weighted by Crippen LogP contribution is 2.42. The third kappa shape index (κ3) is 5.57. The number of dihydropyridines is 1. The molecule has 1 aromatic rings. The first kappa shape index (κ1) is 28.0. The van der Waals surface area contributed by atoms with Crippen molar-refractivity contribution in [1.82, 2.24) is 0 Å². The maximum atomic E-state index is 12.0. The Bertz CT molecular complexity index is 1260. The molecule has 15 heteroatoms. The normalized spacial score (nSPS) is 30.5. The van der Waals surface area contributed by atoms with Gasteiger partial charge in [0.2, 0.25) is 6.29 Å². The highest BCUT2D eigenvalue weighted by molar-refractivity contribution is 6.41. The first-order chi connectivity index (χ1) is 18.4. The maximum Gasteiger partial charge on any atom is 0.354 e. The van der Waals surface area contributed by atoms with Crippen LogP contribution in [0.3, 0.4) is 0 Å². The Balaban J connectivity index is 1.64. The summed E-state index contributed by atoms with van der Waals surface area (Å²) < 4.78 is 10.8. The van der Waals surface area contributed by atoms with Gasteiger partial charge in [0.05, 0.1) is 6.61 Å². The van der Waals surface area contributed by atoms with E-state index in [0.717, 1.165) is 0 Å². The minimum Gasteiger partial charge on any atom is -0.504 e. The van der Waals surface area contributed by atoms with Gasteiger partial charge in [-0.2, -0.15) is 0 Å². The van der Waals surface area contributed by atoms with Gasteiger partial charge in [-0.1, -0.05) is 0 Å². The molecule has 1 aromatic carbocycles. The summed E-state index contributed by atoms with van der Waals surface area (Å²) in [6, 6.07) is 0.0231. The zero-order valence-corrected chi connectivity index (χ0v) is 20.1. The number of nitrogens with zero attached hydrogens (tertiary/aromatic N) is 2. The molecule has 15 nitrogen and oxygen atoms in total. The van der Waals surface area contributed by atoms with Gasteiger partial charge >= 0.3 is 17.9 Å². The molecule has 0 spiro atoms. The summed E-state index contributed by atoms with van der Waals surface area (Å²) in [6.45, 7) is -0.702. The van der Waals surface area contributed by atoms with Crippen LogP contribution >= 0.6 is 0 Å². The predicted molar refractivity (Wildman–Crippen MR) is 128 cm³/mol. The number of carboxylic acid groups (broad SMARTS) is 3. The van der Waals surface area contributed by atoms with Gasteiger partial charge in [0.25, 0.3) is 0 Å². The summed E-state index contributed by atoms with van der Waals surface area (Å²) in [6.07, 6.45) is -4.30. The van der Waals surface area contributed by atoms with Gasteiger partial charge in [0.15, 0.2) is 17.5 Å². The van der Waals surface area contributed by atoms with Crippen LogP contribution in [-0.4, -0.2) is 114 Å². The van der Waals surface area contributed by atoms with Crippen molar-refractivity contribution >= 4 is 29.3 Å². The molecule has 3 aliphatic heterocycles. The zero-order valence-electron chi connectivity index (χ0n) is 20.1. The summed E-state index contributed by atoms with van der Waals surface area (Å²) >= 11 is 0. The molecule has 7 atom stereocenters. The van der Waals surface area contributed by atoms with Gasteiger partial charge in [-0.05, 0) is 29.4 Å². The predicted octanol–water partition coefficient (Wildman–Crippen LogP) is -1.79. The standard InChI is InChI=1S/C24H26N2O13/c27-8-17-18(29)19(30)20(31)24(39-17)38-16-7-13-10(6-15(16)28)5-14(23(36)37)26(13)2-1-9-3-11(21(32)33)25-12(4-9)22(34)35/h1-3,6-7,12,14,17-20,24,27-31H,4-5,8H2,(H,32,33)(H,34,35)(H,36,37)/b2-1+/t12-,14+,17+,18+,19-,20+,24+/m0/s1. The molecule has 0 amide bonds. The molecule has 0 aromatic heterocycles. The number of aromatic hydroxyl groups is 1. The van der Waals surface area contributed by atoms with Crippen LogP contribution in [0.2, 0.25) is 0 Å². The monoisotopic (exact) mass is 550 g/mol. The number of carbonyl (C=O) groups is 3. The number of hydrogen-bond acceptors (Lipinski definition) is 12. The zero-order chi connectivity index (χ0) is 28.6. The van der Waals surface area contributed by atoms with Crippen LogP contribution in [0.4, 0.5) is 5.69 Å². The van der Waals surface area contributed by atoms with E-state index in [1.54, 1.807) is 0 Å². The van der Waals surface area contributed by atoms with E-state index in [0.29, 0.717) is 5.56 Å². The molecule has 3 aliphatic rings. The summed E-state index contributed by atoms with van der Waals surface area (Å²) in [7, 11) is 0. The molecule has 1 fully saturated rings. The summed E-state index contributed by atoms with van der Waals surface area (Å²) in [5.41, 5.74) is 0.461. The molecule has 0 bridgehead atoms. The van der Waals surface area contributed by atoms with E-state index in [2.05, 4.69) is 4.99 Å². The fourth-order valence-electron chi connectivity index (χ4n) is 4.51. The second-order valence-corrected chi connectivity index (χ2v) is 9.14. The fourth-order valence-corrected chi connectivity index (χ4v) is 4.51. The fraction of sp³-hybridized carbons (Fsp3) is 0.417. The summed E-state index contributed by atoms with van der Waals surface area (Å²) in [5.74, 6) is -4.69. The Kier molecular flexibility index (Phi) is 7.89. The summed E-state index contributed by atoms with van der Waals surface area (Å²) in [4.78, 5) is 39.8. The Morgan fingerprint density at radius 3 is 2.38 bits per heavy atom. The van der Waals surface area contributed by atoms with Crippen LogP contribution in [0.15, 0.2) is 41.1 Å². The molecule has 0 radical (unpaired) electrons. The Morgan fingerprint density at radius 2 is 1.77 bits per heavy atom. The number of ether oxygens (including phenoxy) is 2. The lowest BCUT2D eigenvalue weighted by Crippen LogP contribution is -2.60. The number of carboxylic acids is 3. The lowest BCUT2D eigenvalue weighted by atomic mass is 9.99. The van der Waals surface area contributed by atoms with Gasteiger partial charge in [-0.15, -0.1) is 0 Å². The Labute approximate surface area is 219 Å². The van der Waals surface area contributed by atoms with Crippen LogP contribution in [-0.2, 0) is 25.5 Å². The van der Waals surface area contributed by atoms with E-state index in [-0.39, 0.29) is 29.9 Å². The number of hydrogen-bond donors (Lipinski definition) is 8. The molecular weight excluding hydrogens is 524 g/mol. The highest BCUT2D eigenvalue weighted by Gasteiger charge is 2.45. The number of fused-ring (bicyclic) bond motifs is 1. The Hall–Kier alpha value is -4.02. The van der Waals surface area contributed by atoms with Crippen LogP contribution in [0.1, 0.15) is 12.0 Å². The van der Waals surface area contributed by atoms with E-state index >= 15 is 0 Å². The van der Waals surface area contributed by atoms with Gasteiger partial charge in [-0.3, -0.25) is 4.99 Å². The molecule has 1 saturated heterocycles. The van der Waals surface area contributed by atoms with Crippen molar-refractivity contribution in [3.8, 4) is 11.5 Å². The second kappa shape index (κ2) is 11.0. The van der Waals surface area contributed by atoms with Gasteiger partial charge in [0, 0.05) is 30.8 Å². The quantitative estimate of drug-likeness (QED) is 0.178. The van der Waals surface area contributed by atoms with Crippen molar-refractivity contribution in [1.29, 1.82) is 0 Å². The minimum atomic E-state index is -1.76. The second-order valence-electron chi connectivity index (χ2n) is 9.14. The smallest absolute Gasteiger partial charge is 0.354 e. The number of benzene rings is 1. The molecule has 0 unspecified atom stereocenters. The van der Waals surface area contributed by atoms with Gasteiger partial charge in [-0.25, -0.2) is 14.4 Å². The number of allylic oxidation sites excluding steroid dienone is 1. The van der Waals surface area contributed by atoms with Crippen molar-refractivity contribution < 1.29 is 64.7 Å². The van der Waals surface area contributed by atoms with Gasteiger partial charge < -0.3 is 55.2 Å². The van der Waals surface area contributed by atoms with Crippen molar-refractivity contribution in [2.45, 2.75) is 55.6 Å². The number of rotatable bonds is 8. The first-order valence-corrected chi connectivity index (χ1v) is 11.7. The summed E-state index contributed by atoms with van der Waals surface area (Å²) in [5, 5.41) is 78.4. The molecule has 210 valence electrons. The molecular formula is C24H26N2O13. The van der Waals surface area contributed by atoms with Gasteiger partial charge in [0.1, 0.15) is 36.2 Å². The van der Waals surface area contributed by atoms with E-state index in [1.165, 1.54) is 35.4 Å². The third-order valence-corrected chi connectivity index (χ3v) is 6.56. The highest BCUT2D eigenvalue weighted by atomic mass is 16.7. The first-order valence-electron chi connectivity index (χ1n) is 11.7. The molecule has 39 heavy (non-hydrogen) atoms. The molecule has 0 saturated carbocycles. The molecule has 0 aliphatic carbocycles. The average molecular weight is 550 g/mol. The minimum absolute atomic E-state index is 0.0402. The molecule has 3 heterocycles. The van der Waals surface area contributed by atoms with Crippen LogP contribution < -0.4 is 9.64 Å². The van der Waals surface area contributed by atoms with Crippen LogP contribution in [0.25, 0.3) is 0 Å². The number of aliphatic carboxylic acids is 3. The van der Waals surface area contributed by atoms with Crippen molar-refractivity contribution in [3.05, 3.63) is 41.6 Å². The van der Waals surface area contributed by atoms with Crippen molar-refractivity contribution in [2.24, 2.45) is 4.99 Å².